The van der Waals surface area contributed by atoms with E-state index in [2.05, 4.69) is 32.5 Å². The maximum Gasteiger partial charge on any atom is 0.245 e. The van der Waals surface area contributed by atoms with Gasteiger partial charge in [0.1, 0.15) is 23.7 Å². The maximum absolute atomic E-state index is 16.0. The molecule has 2 aromatic heterocycles. The van der Waals surface area contributed by atoms with Gasteiger partial charge in [0.15, 0.2) is 11.5 Å². The van der Waals surface area contributed by atoms with Gasteiger partial charge in [0, 0.05) is 28.7 Å². The van der Waals surface area contributed by atoms with E-state index in [1.807, 2.05) is 11.8 Å². The number of nitrogens with one attached hydrogen (secondary N) is 1. The standard InChI is InChI=1S/C26H28F2N8O/c1-25-8-3-9-26(2,34-25)23(28)21(11-25)36(15-4-5-15)24-30-13-20(31-32-24)17-7-6-16(10-22(17)37)35-14-18(27)19(12-29)33-35/h6-7,10,13-15,21,23,34,37H,3-5,8-9,11H2,1-2H3/t21-,23-,25-,26+/m1/s1. The van der Waals surface area contributed by atoms with Gasteiger partial charge in [-0.05, 0) is 64.5 Å². The van der Waals surface area contributed by atoms with E-state index in [0.717, 1.165) is 38.3 Å². The summed E-state index contributed by atoms with van der Waals surface area (Å²) < 4.78 is 30.9. The molecule has 2 bridgehead atoms. The number of phenols is 1. The number of nitrogens with zero attached hydrogens (tertiary/aromatic N) is 7. The highest BCUT2D eigenvalue weighted by Crippen LogP contribution is 2.46. The zero-order valence-corrected chi connectivity index (χ0v) is 20.7. The summed E-state index contributed by atoms with van der Waals surface area (Å²) in [5.74, 6) is -0.461. The first kappa shape index (κ1) is 23.7. The first-order valence-corrected chi connectivity index (χ1v) is 12.6. The van der Waals surface area contributed by atoms with Gasteiger partial charge in [0.05, 0.1) is 24.1 Å². The molecular weight excluding hydrogens is 478 g/mol. The van der Waals surface area contributed by atoms with E-state index in [4.69, 9.17) is 5.26 Å². The molecule has 4 heterocycles. The third kappa shape index (κ3) is 4.09. The first-order chi connectivity index (χ1) is 17.7. The minimum Gasteiger partial charge on any atom is -0.507 e. The minimum atomic E-state index is -1.06. The average Bonchev–Trinajstić information content (AvgIpc) is 3.63. The SMILES string of the molecule is C[C@]12CCC[C@](C)(N1)[C@H](F)[C@H](N(c1ncc(-c3ccc(-n4cc(F)c(C#N)n4)cc3O)nn1)C1CC1)C2. The number of rotatable bonds is 5. The normalized spacial score (nSPS) is 29.1. The summed E-state index contributed by atoms with van der Waals surface area (Å²) in [7, 11) is 0. The van der Waals surface area contributed by atoms with Crippen molar-refractivity contribution >= 4 is 5.95 Å². The summed E-state index contributed by atoms with van der Waals surface area (Å²) in [6.45, 7) is 4.17. The number of aromatic nitrogens is 5. The fraction of sp³-hybridized carbons (Fsp3) is 0.500. The largest absolute Gasteiger partial charge is 0.507 e. The number of phenolic OH excluding ortho intramolecular Hbond substituents is 1. The Hall–Kier alpha value is -3.65. The molecule has 0 spiro atoms. The Kier molecular flexibility index (Phi) is 5.42. The summed E-state index contributed by atoms with van der Waals surface area (Å²) in [5, 5.41) is 35.7. The number of aromatic hydroxyl groups is 1. The molecule has 0 radical (unpaired) electrons. The summed E-state index contributed by atoms with van der Waals surface area (Å²) >= 11 is 0. The van der Waals surface area contributed by atoms with E-state index in [1.165, 1.54) is 16.9 Å². The van der Waals surface area contributed by atoms with Crippen LogP contribution in [-0.2, 0) is 0 Å². The molecule has 1 aromatic carbocycles. The lowest BCUT2D eigenvalue weighted by Crippen LogP contribution is -2.73. The van der Waals surface area contributed by atoms with Crippen LogP contribution in [0.1, 0.15) is 58.1 Å². The van der Waals surface area contributed by atoms with Crippen LogP contribution in [0.3, 0.4) is 0 Å². The summed E-state index contributed by atoms with van der Waals surface area (Å²) in [4.78, 5) is 6.60. The van der Waals surface area contributed by atoms with Crippen molar-refractivity contribution in [2.45, 2.75) is 81.7 Å². The van der Waals surface area contributed by atoms with Gasteiger partial charge < -0.3 is 15.3 Å². The van der Waals surface area contributed by atoms with Gasteiger partial charge >= 0.3 is 0 Å². The highest BCUT2D eigenvalue weighted by molar-refractivity contribution is 5.68. The number of halogens is 2. The number of hydrogen-bond donors (Lipinski definition) is 2. The monoisotopic (exact) mass is 506 g/mol. The molecule has 4 atom stereocenters. The van der Waals surface area contributed by atoms with E-state index in [0.29, 0.717) is 29.3 Å². The van der Waals surface area contributed by atoms with Crippen molar-refractivity contribution < 1.29 is 13.9 Å². The molecule has 1 aliphatic carbocycles. The number of nitriles is 1. The van der Waals surface area contributed by atoms with Crippen molar-refractivity contribution in [1.82, 2.24) is 30.3 Å². The molecule has 3 aliphatic rings. The summed E-state index contributed by atoms with van der Waals surface area (Å²) in [6, 6.07) is 6.17. The minimum absolute atomic E-state index is 0.120. The quantitative estimate of drug-likeness (QED) is 0.537. The van der Waals surface area contributed by atoms with Crippen LogP contribution >= 0.6 is 0 Å². The molecule has 2 saturated heterocycles. The van der Waals surface area contributed by atoms with Crippen LogP contribution in [0.4, 0.5) is 14.7 Å². The Bertz CT molecular complexity index is 1380. The number of alkyl halides is 1. The third-order valence-electron chi connectivity index (χ3n) is 7.99. The molecule has 11 heteroatoms. The van der Waals surface area contributed by atoms with E-state index in [1.54, 1.807) is 18.2 Å². The van der Waals surface area contributed by atoms with E-state index >= 15 is 4.39 Å². The Morgan fingerprint density at radius 2 is 2.05 bits per heavy atom. The Morgan fingerprint density at radius 1 is 1.24 bits per heavy atom. The van der Waals surface area contributed by atoms with E-state index < -0.39 is 17.5 Å². The predicted octanol–water partition coefficient (Wildman–Crippen LogP) is 3.81. The second kappa shape index (κ2) is 8.45. The Balaban J connectivity index is 1.28. The van der Waals surface area contributed by atoms with Crippen molar-refractivity contribution in [2.24, 2.45) is 0 Å². The van der Waals surface area contributed by atoms with Gasteiger partial charge in [-0.25, -0.2) is 18.4 Å². The molecular formula is C26H28F2N8O. The smallest absolute Gasteiger partial charge is 0.245 e. The van der Waals surface area contributed by atoms with Crippen LogP contribution in [-0.4, -0.2) is 59.4 Å². The van der Waals surface area contributed by atoms with Crippen LogP contribution < -0.4 is 10.2 Å². The fourth-order valence-corrected chi connectivity index (χ4v) is 6.14. The number of hydrogen-bond acceptors (Lipinski definition) is 8. The van der Waals surface area contributed by atoms with Crippen LogP contribution in [0.15, 0.2) is 30.6 Å². The van der Waals surface area contributed by atoms with Crippen molar-refractivity contribution in [2.75, 3.05) is 4.90 Å². The number of fused-ring (bicyclic) bond motifs is 2. The lowest BCUT2D eigenvalue weighted by atomic mass is 9.68. The second-order valence-corrected chi connectivity index (χ2v) is 11.0. The topological polar surface area (TPSA) is 116 Å². The number of benzene rings is 1. The molecule has 9 nitrogen and oxygen atoms in total. The second-order valence-electron chi connectivity index (χ2n) is 11.0. The summed E-state index contributed by atoms with van der Waals surface area (Å²) in [5.41, 5.74) is 0.0961. The van der Waals surface area contributed by atoms with Crippen LogP contribution in [0.25, 0.3) is 16.9 Å². The van der Waals surface area contributed by atoms with Gasteiger partial charge in [0.2, 0.25) is 5.95 Å². The van der Waals surface area contributed by atoms with Gasteiger partial charge in [-0.15, -0.1) is 10.2 Å². The zero-order valence-electron chi connectivity index (χ0n) is 20.7. The molecule has 0 amide bonds. The molecule has 2 N–H and O–H groups in total. The summed E-state index contributed by atoms with van der Waals surface area (Å²) in [6.07, 6.45) is 6.99. The maximum atomic E-state index is 16.0. The lowest BCUT2D eigenvalue weighted by Gasteiger charge is -2.57. The molecule has 6 rings (SSSR count). The van der Waals surface area contributed by atoms with Crippen molar-refractivity contribution in [1.29, 1.82) is 5.26 Å². The molecule has 3 aromatic rings. The molecule has 1 saturated carbocycles. The van der Waals surface area contributed by atoms with Gasteiger partial charge in [0.25, 0.3) is 0 Å². The average molecular weight is 507 g/mol. The first-order valence-electron chi connectivity index (χ1n) is 12.6. The fourth-order valence-electron chi connectivity index (χ4n) is 6.14. The molecule has 0 unspecified atom stereocenters. The number of anilines is 1. The zero-order chi connectivity index (χ0) is 25.9. The van der Waals surface area contributed by atoms with Crippen molar-refractivity contribution in [3.8, 4) is 28.8 Å². The van der Waals surface area contributed by atoms with Gasteiger partial charge in [-0.2, -0.15) is 10.4 Å². The third-order valence-corrected chi connectivity index (χ3v) is 7.99. The van der Waals surface area contributed by atoms with Crippen LogP contribution in [0.5, 0.6) is 5.75 Å². The van der Waals surface area contributed by atoms with E-state index in [9.17, 15) is 9.50 Å². The van der Waals surface area contributed by atoms with Gasteiger partial charge in [-0.3, -0.25) is 0 Å². The predicted molar refractivity (Wildman–Crippen MR) is 131 cm³/mol. The lowest BCUT2D eigenvalue weighted by molar-refractivity contribution is 0.0000874. The van der Waals surface area contributed by atoms with Crippen molar-refractivity contribution in [3.63, 3.8) is 0 Å². The molecule has 2 aliphatic heterocycles. The molecule has 37 heavy (non-hydrogen) atoms. The Morgan fingerprint density at radius 3 is 2.70 bits per heavy atom. The van der Waals surface area contributed by atoms with Crippen molar-refractivity contribution in [3.05, 3.63) is 42.1 Å². The van der Waals surface area contributed by atoms with Crippen LogP contribution in [0, 0.1) is 17.1 Å². The Labute approximate surface area is 213 Å². The van der Waals surface area contributed by atoms with E-state index in [-0.39, 0.29) is 29.1 Å². The van der Waals surface area contributed by atoms with Gasteiger partial charge in [-0.1, -0.05) is 0 Å². The van der Waals surface area contributed by atoms with Crippen LogP contribution in [0.2, 0.25) is 0 Å². The highest BCUT2D eigenvalue weighted by atomic mass is 19.1. The highest BCUT2D eigenvalue weighted by Gasteiger charge is 2.56. The number of piperidine rings is 2. The molecule has 192 valence electrons. The molecule has 3 fully saturated rings.